The van der Waals surface area contributed by atoms with Crippen molar-refractivity contribution in [2.75, 3.05) is 58.9 Å². The molecule has 3 saturated heterocycles. The number of ether oxygens (including phenoxy) is 3. The summed E-state index contributed by atoms with van der Waals surface area (Å²) in [6, 6.07) is 51.5. The van der Waals surface area contributed by atoms with Gasteiger partial charge in [-0.15, -0.1) is 34.0 Å². The molecule has 6 heterocycles. The number of thiophene rings is 3. The lowest BCUT2D eigenvalue weighted by Crippen LogP contribution is -2.22. The molecule has 3 N–H and O–H groups in total. The van der Waals surface area contributed by atoms with Crippen LogP contribution in [0, 0.1) is 65.1 Å². The average molecular weight is 1510 g/mol. The number of aryl methyl sites for hydroxylation is 6. The fraction of sp³-hybridized carbons (Fsp3) is 0.300. The van der Waals surface area contributed by atoms with Gasteiger partial charge in [-0.1, -0.05) is 86.5 Å². The molecule has 15 rings (SSSR count). The Bertz CT molecular complexity index is 5000. The Hall–Kier alpha value is -9.23. The van der Waals surface area contributed by atoms with Crippen molar-refractivity contribution in [3.05, 3.63) is 262 Å². The monoisotopic (exact) mass is 1510 g/mol. The van der Waals surface area contributed by atoms with Crippen LogP contribution in [0.3, 0.4) is 0 Å². The number of aromatic hydroxyl groups is 3. The number of hydrogen-bond acceptors (Lipinski definition) is 15. The lowest BCUT2D eigenvalue weighted by Gasteiger charge is -2.15. The van der Waals surface area contributed by atoms with Crippen molar-refractivity contribution >= 4 is 93.2 Å². The third-order valence-electron chi connectivity index (χ3n) is 20.7. The van der Waals surface area contributed by atoms with Crippen molar-refractivity contribution in [2.24, 2.45) is 17.8 Å². The first-order valence-corrected chi connectivity index (χ1v) is 39.8. The standard InChI is InChI=1S/C31H33NO3S.C30H30ClNO3S.C29H28FNO3S/c1-19-11-13-32(18-19)14-12-23-5-8-25(9-6-23)35-30-26-10-7-24(33)17-27(26)36-31(30)29(34)28-21(3)15-20(2)16-22(28)4;1-18-10-12-32(17-18)13-11-21-4-7-24(8-5-21)35-29-25-9-6-23(33)16-26(25)36-30(29)28(34)27-19(2)14-22(31)15-20(27)3;1-18-11-13-31(17-18)14-12-20-3-7-23(8-4-20)34-28-25-10-6-22(32)16-26(25)35-29(28)27(33)24-9-5-21(30)15-19(24)2/h5-10,15-17,19,33H,11-14,18H2,1-4H3;4-9,14-16,18,33H,10-13,17H2,1-3H3;3-10,15-16,18,32H,11-14,17H2,1-2H3. The van der Waals surface area contributed by atoms with Gasteiger partial charge in [0.1, 0.15) is 54.9 Å². The van der Waals surface area contributed by atoms with E-state index in [1.807, 2.05) is 101 Å². The molecule has 0 radical (unpaired) electrons. The summed E-state index contributed by atoms with van der Waals surface area (Å²) < 4.78 is 35.0. The van der Waals surface area contributed by atoms with Crippen molar-refractivity contribution in [3.8, 4) is 51.7 Å². The van der Waals surface area contributed by atoms with Crippen LogP contribution < -0.4 is 14.2 Å². The number of hydrogen-bond donors (Lipinski definition) is 3. The molecule has 0 bridgehead atoms. The van der Waals surface area contributed by atoms with E-state index in [-0.39, 0.29) is 40.4 Å². The molecular weight excluding hydrogens is 1420 g/mol. The van der Waals surface area contributed by atoms with Gasteiger partial charge < -0.3 is 44.2 Å². The highest BCUT2D eigenvalue weighted by Crippen LogP contribution is 2.47. The van der Waals surface area contributed by atoms with Gasteiger partial charge in [-0.05, 0) is 283 Å². The number of likely N-dealkylation sites (tertiary alicyclic amines) is 3. The maximum Gasteiger partial charge on any atom is 0.207 e. The normalized spacial score (nSPS) is 16.1. The van der Waals surface area contributed by atoms with E-state index in [0.717, 1.165) is 115 Å². The van der Waals surface area contributed by atoms with Crippen LogP contribution in [0.5, 0.6) is 51.7 Å². The lowest BCUT2D eigenvalue weighted by molar-refractivity contribution is 0.103. The molecule has 3 aromatic heterocycles. The molecule has 9 aromatic carbocycles. The van der Waals surface area contributed by atoms with Crippen molar-refractivity contribution in [1.82, 2.24) is 14.7 Å². The van der Waals surface area contributed by atoms with Crippen LogP contribution in [0.2, 0.25) is 5.02 Å². The lowest BCUT2D eigenvalue weighted by atomic mass is 9.95. The molecule has 17 heteroatoms. The largest absolute Gasteiger partial charge is 0.508 e. The molecule has 12 nitrogen and oxygen atoms in total. The van der Waals surface area contributed by atoms with Gasteiger partial charge in [0.25, 0.3) is 0 Å². The molecule has 0 saturated carbocycles. The van der Waals surface area contributed by atoms with Crippen molar-refractivity contribution in [2.45, 2.75) is 101 Å². The number of ketones is 3. The molecule has 3 atom stereocenters. The number of carbonyl (C=O) groups excluding carboxylic acids is 3. The minimum absolute atomic E-state index is 0.0443. The van der Waals surface area contributed by atoms with Gasteiger partial charge in [-0.3, -0.25) is 14.4 Å². The van der Waals surface area contributed by atoms with Crippen LogP contribution in [0.25, 0.3) is 30.3 Å². The fourth-order valence-electron chi connectivity index (χ4n) is 15.1. The zero-order chi connectivity index (χ0) is 75.3. The zero-order valence-corrected chi connectivity index (χ0v) is 65.3. The van der Waals surface area contributed by atoms with E-state index in [0.29, 0.717) is 76.4 Å². The van der Waals surface area contributed by atoms with E-state index in [1.54, 1.807) is 55.5 Å². The van der Waals surface area contributed by atoms with Crippen LogP contribution in [0.15, 0.2) is 170 Å². The summed E-state index contributed by atoms with van der Waals surface area (Å²) in [6.45, 7) is 28.8. The Labute approximate surface area is 643 Å². The second-order valence-electron chi connectivity index (χ2n) is 29.5. The number of halogens is 2. The molecule has 3 aliphatic rings. The first kappa shape index (κ1) is 76.0. The van der Waals surface area contributed by atoms with Crippen LogP contribution in [0.1, 0.15) is 136 Å². The molecule has 552 valence electrons. The summed E-state index contributed by atoms with van der Waals surface area (Å²) >= 11 is 10.2. The minimum Gasteiger partial charge on any atom is -0.508 e. The Balaban J connectivity index is 0.000000142. The Morgan fingerprint density at radius 2 is 0.748 bits per heavy atom. The van der Waals surface area contributed by atoms with Crippen molar-refractivity contribution in [1.29, 1.82) is 0 Å². The maximum absolute atomic E-state index is 13.8. The summed E-state index contributed by atoms with van der Waals surface area (Å²) in [5.41, 5.74) is 10.8. The van der Waals surface area contributed by atoms with E-state index in [9.17, 15) is 34.1 Å². The highest BCUT2D eigenvalue weighted by molar-refractivity contribution is 7.22. The Kier molecular flexibility index (Phi) is 23.8. The van der Waals surface area contributed by atoms with Gasteiger partial charge in [0, 0.05) is 91.2 Å². The number of phenols is 3. The van der Waals surface area contributed by atoms with Crippen LogP contribution in [-0.2, 0) is 19.3 Å². The minimum atomic E-state index is -0.379. The quantitative estimate of drug-likeness (QED) is 0.0588. The van der Waals surface area contributed by atoms with E-state index < -0.39 is 0 Å². The SMILES string of the molecule is Cc1cc(C)c(C(=O)c2sc3cc(O)ccc3c2Oc2ccc(CCN3CCC(C)C3)cc2)c(C)c1.Cc1cc(Cl)cc(C)c1C(=O)c1sc2cc(O)ccc2c1Oc1ccc(CCN2CCC(C)C2)cc1.Cc1cc(F)ccc1C(=O)c1sc2cc(O)ccc2c1Oc1ccc(CCN2CCC(C)C2)cc1. The number of rotatable bonds is 21. The topological polar surface area (TPSA) is 149 Å². The predicted molar refractivity (Wildman–Crippen MR) is 435 cm³/mol. The summed E-state index contributed by atoms with van der Waals surface area (Å²) in [5, 5.41) is 33.0. The van der Waals surface area contributed by atoms with Gasteiger partial charge in [-0.25, -0.2) is 4.39 Å². The smallest absolute Gasteiger partial charge is 0.207 e. The first-order valence-electron chi connectivity index (χ1n) is 36.9. The molecule has 0 aliphatic carbocycles. The fourth-order valence-corrected chi connectivity index (χ4v) is 18.7. The third-order valence-corrected chi connectivity index (χ3v) is 24.3. The summed E-state index contributed by atoms with van der Waals surface area (Å²) in [4.78, 5) is 50.1. The van der Waals surface area contributed by atoms with Crippen molar-refractivity contribution < 1.29 is 48.3 Å². The third kappa shape index (κ3) is 18.2. The van der Waals surface area contributed by atoms with Gasteiger partial charge in [0.2, 0.25) is 17.3 Å². The highest BCUT2D eigenvalue weighted by Gasteiger charge is 2.29. The molecule has 3 unspecified atom stereocenters. The van der Waals surface area contributed by atoms with Gasteiger partial charge >= 0.3 is 0 Å². The predicted octanol–water partition coefficient (Wildman–Crippen LogP) is 22.2. The van der Waals surface area contributed by atoms with E-state index in [4.69, 9.17) is 25.8 Å². The van der Waals surface area contributed by atoms with Gasteiger partial charge in [-0.2, -0.15) is 0 Å². The van der Waals surface area contributed by atoms with E-state index in [2.05, 4.69) is 71.9 Å². The number of phenolic OH excluding ortho intramolecular Hbond substituents is 3. The molecule has 3 fully saturated rings. The second kappa shape index (κ2) is 33.5. The van der Waals surface area contributed by atoms with Gasteiger partial charge in [0.15, 0.2) is 17.2 Å². The Morgan fingerprint density at radius 1 is 0.421 bits per heavy atom. The number of fused-ring (bicyclic) bond motifs is 3. The van der Waals surface area contributed by atoms with Crippen molar-refractivity contribution in [3.63, 3.8) is 0 Å². The van der Waals surface area contributed by atoms with E-state index in [1.165, 1.54) is 127 Å². The molecular formula is C90H91ClFN3O9S3. The highest BCUT2D eigenvalue weighted by atomic mass is 35.5. The van der Waals surface area contributed by atoms with Gasteiger partial charge in [0.05, 0.1) is 0 Å². The summed E-state index contributed by atoms with van der Waals surface area (Å²) in [7, 11) is 0. The van der Waals surface area contributed by atoms with Crippen LogP contribution in [0.4, 0.5) is 4.39 Å². The number of benzene rings is 9. The molecule has 3 aliphatic heterocycles. The van der Waals surface area contributed by atoms with Crippen LogP contribution >= 0.6 is 45.6 Å². The zero-order valence-electron chi connectivity index (χ0n) is 62.1. The van der Waals surface area contributed by atoms with Crippen LogP contribution in [-0.4, -0.2) is 106 Å². The molecule has 0 spiro atoms. The molecule has 0 amide bonds. The average Bonchev–Trinajstić information content (AvgIpc) is 1.64. The molecule has 12 aromatic rings. The maximum atomic E-state index is 13.8. The number of carbonyl (C=O) groups is 3. The first-order chi connectivity index (χ1) is 51.4. The van der Waals surface area contributed by atoms with E-state index >= 15 is 0 Å². The number of nitrogens with zero attached hydrogens (tertiary/aromatic N) is 3. The second-order valence-corrected chi connectivity index (χ2v) is 33.1. The Morgan fingerprint density at radius 3 is 1.07 bits per heavy atom. The molecule has 107 heavy (non-hydrogen) atoms. The summed E-state index contributed by atoms with van der Waals surface area (Å²) in [6.07, 6.45) is 6.87. The summed E-state index contributed by atoms with van der Waals surface area (Å²) in [5.74, 6) is 5.63.